The van der Waals surface area contributed by atoms with Crippen molar-refractivity contribution in [3.8, 4) is 0 Å². The molecule has 0 bridgehead atoms. The van der Waals surface area contributed by atoms with E-state index < -0.39 is 57.7 Å². The van der Waals surface area contributed by atoms with Gasteiger partial charge in [0.15, 0.2) is 0 Å². The van der Waals surface area contributed by atoms with E-state index in [-0.39, 0.29) is 29.4 Å². The first-order valence-electron chi connectivity index (χ1n) is 14.6. The van der Waals surface area contributed by atoms with Crippen molar-refractivity contribution in [1.29, 1.82) is 0 Å². The summed E-state index contributed by atoms with van der Waals surface area (Å²) in [5.41, 5.74) is -0.636. The van der Waals surface area contributed by atoms with Crippen LogP contribution in [0.5, 0.6) is 0 Å². The highest BCUT2D eigenvalue weighted by atomic mass is 35.5. The lowest BCUT2D eigenvalue weighted by atomic mass is 10.0. The summed E-state index contributed by atoms with van der Waals surface area (Å²) in [4.78, 5) is 28.9. The summed E-state index contributed by atoms with van der Waals surface area (Å²) in [5, 5.41) is 2.44. The Bertz CT molecular complexity index is 1780. The van der Waals surface area contributed by atoms with Gasteiger partial charge in [-0.3, -0.25) is 13.9 Å². The molecule has 0 radical (unpaired) electrons. The molecule has 47 heavy (non-hydrogen) atoms. The van der Waals surface area contributed by atoms with E-state index in [4.69, 9.17) is 11.6 Å². The summed E-state index contributed by atoms with van der Waals surface area (Å²) in [6, 6.07) is 21.9. The Balaban J connectivity index is 1.86. The van der Waals surface area contributed by atoms with E-state index in [0.29, 0.717) is 34.0 Å². The third-order valence-electron chi connectivity index (χ3n) is 7.24. The van der Waals surface area contributed by atoms with Crippen LogP contribution in [0.25, 0.3) is 0 Å². The number of hydrogen-bond acceptors (Lipinski definition) is 4. The quantitative estimate of drug-likeness (QED) is 0.156. The monoisotopic (exact) mass is 689 g/mol. The fraction of sp³-hybridized carbons (Fsp3) is 0.235. The minimum atomic E-state index is -4.85. The van der Waals surface area contributed by atoms with Gasteiger partial charge in [0, 0.05) is 19.5 Å². The Morgan fingerprint density at radius 1 is 0.872 bits per heavy atom. The van der Waals surface area contributed by atoms with Gasteiger partial charge in [0.05, 0.1) is 21.2 Å². The summed E-state index contributed by atoms with van der Waals surface area (Å²) in [5.74, 6) is -1.97. The van der Waals surface area contributed by atoms with Crippen LogP contribution in [0.15, 0.2) is 108 Å². The predicted molar refractivity (Wildman–Crippen MR) is 172 cm³/mol. The first kappa shape index (κ1) is 35.4. The molecule has 0 saturated carbocycles. The molecule has 2 amide bonds. The Morgan fingerprint density at radius 2 is 1.49 bits per heavy atom. The molecule has 0 aliphatic rings. The number of carbonyl (C=O) groups excluding carboxylic acids is 2. The predicted octanol–water partition coefficient (Wildman–Crippen LogP) is 6.86. The fourth-order valence-electron chi connectivity index (χ4n) is 4.82. The van der Waals surface area contributed by atoms with Gasteiger partial charge in [-0.25, -0.2) is 12.8 Å². The first-order chi connectivity index (χ1) is 22.3. The van der Waals surface area contributed by atoms with Crippen LogP contribution in [-0.4, -0.2) is 44.3 Å². The van der Waals surface area contributed by atoms with E-state index >= 15 is 0 Å². The molecule has 1 N–H and O–H groups in total. The normalized spacial score (nSPS) is 12.3. The molecule has 0 aliphatic heterocycles. The van der Waals surface area contributed by atoms with Crippen molar-refractivity contribution in [2.75, 3.05) is 17.4 Å². The molecule has 1 atom stereocenters. The van der Waals surface area contributed by atoms with Gasteiger partial charge >= 0.3 is 6.18 Å². The Hall–Kier alpha value is -4.42. The zero-order valence-corrected chi connectivity index (χ0v) is 26.8. The number of halogens is 5. The third-order valence-corrected chi connectivity index (χ3v) is 9.33. The molecule has 0 heterocycles. The summed E-state index contributed by atoms with van der Waals surface area (Å²) in [7, 11) is -4.68. The van der Waals surface area contributed by atoms with Gasteiger partial charge in [0.25, 0.3) is 10.0 Å². The Kier molecular flexibility index (Phi) is 11.6. The van der Waals surface area contributed by atoms with Crippen LogP contribution in [0.4, 0.5) is 23.2 Å². The van der Waals surface area contributed by atoms with Crippen LogP contribution in [0, 0.1) is 5.82 Å². The minimum Gasteiger partial charge on any atom is -0.354 e. The number of rotatable bonds is 13. The molecule has 0 aliphatic carbocycles. The molecule has 248 valence electrons. The van der Waals surface area contributed by atoms with Gasteiger partial charge in [0.2, 0.25) is 11.8 Å². The van der Waals surface area contributed by atoms with Crippen LogP contribution in [0.3, 0.4) is 0 Å². The second kappa shape index (κ2) is 15.4. The lowest BCUT2D eigenvalue weighted by Gasteiger charge is -2.34. The zero-order valence-electron chi connectivity index (χ0n) is 25.3. The van der Waals surface area contributed by atoms with E-state index in [1.807, 2.05) is 6.92 Å². The molecule has 0 unspecified atom stereocenters. The number of nitrogens with zero attached hydrogens (tertiary/aromatic N) is 2. The second-order valence-electron chi connectivity index (χ2n) is 10.6. The highest BCUT2D eigenvalue weighted by Gasteiger charge is 2.37. The molecule has 0 aromatic heterocycles. The van der Waals surface area contributed by atoms with Gasteiger partial charge in [0.1, 0.15) is 18.4 Å². The van der Waals surface area contributed by atoms with Gasteiger partial charge in [-0.15, -0.1) is 0 Å². The number of benzene rings is 4. The SMILES string of the molecule is CCCNC(=O)[C@@H](Cc1ccccc1)N(Cc1ccc(F)cc1)C(=O)CN(c1cc(C(F)(F)F)ccc1Cl)S(=O)(=O)c1ccccc1. The van der Waals surface area contributed by atoms with Crippen molar-refractivity contribution in [1.82, 2.24) is 10.2 Å². The molecular weight excluding hydrogens is 658 g/mol. The topological polar surface area (TPSA) is 86.8 Å². The molecular formula is C34H32ClF4N3O4S. The highest BCUT2D eigenvalue weighted by Crippen LogP contribution is 2.37. The summed E-state index contributed by atoms with van der Waals surface area (Å²) < 4.78 is 83.7. The van der Waals surface area contributed by atoms with Crippen molar-refractivity contribution < 1.29 is 35.6 Å². The van der Waals surface area contributed by atoms with Crippen molar-refractivity contribution in [2.24, 2.45) is 0 Å². The zero-order chi connectivity index (χ0) is 34.2. The van der Waals surface area contributed by atoms with E-state index in [9.17, 15) is 35.6 Å². The van der Waals surface area contributed by atoms with E-state index in [0.717, 1.165) is 11.0 Å². The van der Waals surface area contributed by atoms with E-state index in [2.05, 4.69) is 5.32 Å². The molecule has 4 aromatic carbocycles. The molecule has 13 heteroatoms. The lowest BCUT2D eigenvalue weighted by molar-refractivity contribution is -0.140. The number of anilines is 1. The summed E-state index contributed by atoms with van der Waals surface area (Å²) in [6.07, 6.45) is -4.23. The van der Waals surface area contributed by atoms with E-state index in [1.54, 1.807) is 36.4 Å². The highest BCUT2D eigenvalue weighted by molar-refractivity contribution is 7.92. The minimum absolute atomic E-state index is 0.0269. The lowest BCUT2D eigenvalue weighted by Crippen LogP contribution is -2.53. The average molecular weight is 690 g/mol. The van der Waals surface area contributed by atoms with Crippen LogP contribution in [0.1, 0.15) is 30.0 Å². The standard InChI is InChI=1S/C34H32ClF4N3O4S/c1-2-19-40-33(44)31(20-24-9-5-3-6-10-24)41(22-25-13-16-27(36)17-14-25)32(43)23-42(47(45,46)28-11-7-4-8-12-28)30-21-26(34(37,38)39)15-18-29(30)35/h3-18,21,31H,2,19-20,22-23H2,1H3,(H,40,44)/t31-/m1/s1. The van der Waals surface area contributed by atoms with E-state index in [1.165, 1.54) is 48.5 Å². The smallest absolute Gasteiger partial charge is 0.354 e. The molecule has 0 saturated heterocycles. The van der Waals surface area contributed by atoms with Gasteiger partial charge in [-0.1, -0.05) is 79.2 Å². The van der Waals surface area contributed by atoms with Crippen molar-refractivity contribution in [3.05, 3.63) is 131 Å². The maximum Gasteiger partial charge on any atom is 0.416 e. The Labute approximate surface area is 275 Å². The van der Waals surface area contributed by atoms with Crippen molar-refractivity contribution in [2.45, 2.75) is 43.4 Å². The number of carbonyl (C=O) groups is 2. The number of alkyl halides is 3. The summed E-state index contributed by atoms with van der Waals surface area (Å²) in [6.45, 7) is 0.883. The van der Waals surface area contributed by atoms with Gasteiger partial charge < -0.3 is 10.2 Å². The van der Waals surface area contributed by atoms with Crippen molar-refractivity contribution in [3.63, 3.8) is 0 Å². The third kappa shape index (κ3) is 9.11. The fourth-order valence-corrected chi connectivity index (χ4v) is 6.54. The first-order valence-corrected chi connectivity index (χ1v) is 16.4. The van der Waals surface area contributed by atoms with Gasteiger partial charge in [-0.05, 0) is 60.0 Å². The maximum atomic E-state index is 14.4. The number of hydrogen-bond donors (Lipinski definition) is 1. The van der Waals surface area contributed by atoms with Crippen LogP contribution >= 0.6 is 11.6 Å². The maximum absolute atomic E-state index is 14.4. The van der Waals surface area contributed by atoms with Gasteiger partial charge in [-0.2, -0.15) is 13.2 Å². The average Bonchev–Trinajstić information content (AvgIpc) is 3.05. The second-order valence-corrected chi connectivity index (χ2v) is 12.9. The summed E-state index contributed by atoms with van der Waals surface area (Å²) >= 11 is 6.32. The molecule has 4 rings (SSSR count). The van der Waals surface area contributed by atoms with Crippen LogP contribution in [0.2, 0.25) is 5.02 Å². The number of amides is 2. The number of sulfonamides is 1. The Morgan fingerprint density at radius 3 is 2.09 bits per heavy atom. The van der Waals surface area contributed by atoms with Crippen molar-refractivity contribution >= 4 is 39.1 Å². The molecule has 7 nitrogen and oxygen atoms in total. The molecule has 0 fully saturated rings. The number of nitrogens with one attached hydrogen (secondary N) is 1. The van der Waals surface area contributed by atoms with Crippen LogP contribution in [-0.2, 0) is 38.8 Å². The largest absolute Gasteiger partial charge is 0.416 e. The van der Waals surface area contributed by atoms with Crippen LogP contribution < -0.4 is 9.62 Å². The molecule has 4 aromatic rings. The molecule has 0 spiro atoms.